The fourth-order valence-electron chi connectivity index (χ4n) is 1.16. The van der Waals surface area contributed by atoms with E-state index in [9.17, 15) is 8.42 Å². The van der Waals surface area contributed by atoms with Crippen LogP contribution in [0.1, 0.15) is 19.8 Å². The lowest BCUT2D eigenvalue weighted by atomic mass is 10.4. The van der Waals surface area contributed by atoms with Gasteiger partial charge in [0.2, 0.25) is 10.0 Å². The van der Waals surface area contributed by atoms with Gasteiger partial charge in [0.15, 0.2) is 0 Å². The highest BCUT2D eigenvalue weighted by Gasteiger charge is 2.25. The molecule has 90 valence electrons. The Balaban J connectivity index is 2.23. The lowest BCUT2D eigenvalue weighted by molar-refractivity contribution is 0.559. The molecule has 1 aliphatic carbocycles. The Kier molecular flexibility index (Phi) is 5.38. The highest BCUT2D eigenvalue weighted by Crippen LogP contribution is 2.18. The van der Waals surface area contributed by atoms with Crippen molar-refractivity contribution in [3.05, 3.63) is 0 Å². The van der Waals surface area contributed by atoms with Gasteiger partial charge < -0.3 is 5.32 Å². The van der Waals surface area contributed by atoms with Crippen LogP contribution >= 0.6 is 11.8 Å². The molecule has 4 nitrogen and oxygen atoms in total. The minimum atomic E-state index is -3.13. The summed E-state index contributed by atoms with van der Waals surface area (Å²) in [6.45, 7) is 2.83. The molecule has 6 heteroatoms. The number of hydrogen-bond donors (Lipinski definition) is 2. The van der Waals surface area contributed by atoms with Gasteiger partial charge in [-0.3, -0.25) is 0 Å². The van der Waals surface area contributed by atoms with Crippen LogP contribution in [0.15, 0.2) is 0 Å². The first-order valence-corrected chi connectivity index (χ1v) is 8.21. The summed E-state index contributed by atoms with van der Waals surface area (Å²) in [7, 11) is -3.13. The molecule has 0 amide bonds. The van der Waals surface area contributed by atoms with Crippen molar-refractivity contribution in [2.75, 3.05) is 25.1 Å². The predicted molar refractivity (Wildman–Crippen MR) is 65.8 cm³/mol. The summed E-state index contributed by atoms with van der Waals surface area (Å²) in [6.07, 6.45) is 4.34. The zero-order valence-electron chi connectivity index (χ0n) is 9.32. The Morgan fingerprint density at radius 2 is 2.13 bits per heavy atom. The van der Waals surface area contributed by atoms with Crippen LogP contribution in [0.4, 0.5) is 0 Å². The third-order valence-electron chi connectivity index (χ3n) is 2.41. The standard InChI is InChI=1S/C9H20N2O2S2/c1-8(7-10-9-3-4-9)15(12,13)11-5-6-14-2/h8-11H,3-7H2,1-2H3. The molecule has 0 heterocycles. The fraction of sp³-hybridized carbons (Fsp3) is 1.00. The molecule has 1 fully saturated rings. The predicted octanol–water partition coefficient (Wildman–Crippen LogP) is 0.409. The van der Waals surface area contributed by atoms with Gasteiger partial charge in [-0.25, -0.2) is 13.1 Å². The summed E-state index contributed by atoms with van der Waals surface area (Å²) in [4.78, 5) is 0. The second kappa shape index (κ2) is 6.08. The first-order chi connectivity index (χ1) is 7.06. The minimum Gasteiger partial charge on any atom is -0.313 e. The zero-order chi connectivity index (χ0) is 11.3. The average molecular weight is 252 g/mol. The number of sulfonamides is 1. The number of rotatable bonds is 8. The van der Waals surface area contributed by atoms with Gasteiger partial charge in [-0.2, -0.15) is 11.8 Å². The number of hydrogen-bond acceptors (Lipinski definition) is 4. The highest BCUT2D eigenvalue weighted by molar-refractivity contribution is 7.98. The molecule has 1 atom stereocenters. The van der Waals surface area contributed by atoms with E-state index in [1.165, 1.54) is 12.8 Å². The molecular formula is C9H20N2O2S2. The second-order valence-electron chi connectivity index (χ2n) is 3.93. The number of thioether (sulfide) groups is 1. The third kappa shape index (κ3) is 5.19. The summed E-state index contributed by atoms with van der Waals surface area (Å²) in [5.74, 6) is 0.821. The van der Waals surface area contributed by atoms with E-state index in [4.69, 9.17) is 0 Å². The van der Waals surface area contributed by atoms with Crippen LogP contribution < -0.4 is 10.0 Å². The van der Waals surface area contributed by atoms with Gasteiger partial charge in [0.05, 0.1) is 5.25 Å². The van der Waals surface area contributed by atoms with Crippen LogP contribution in [0.25, 0.3) is 0 Å². The van der Waals surface area contributed by atoms with Crippen LogP contribution in [0.3, 0.4) is 0 Å². The van der Waals surface area contributed by atoms with E-state index in [-0.39, 0.29) is 5.25 Å². The average Bonchev–Trinajstić information content (AvgIpc) is 2.97. The normalized spacial score (nSPS) is 19.1. The van der Waals surface area contributed by atoms with Crippen molar-refractivity contribution in [1.29, 1.82) is 0 Å². The van der Waals surface area contributed by atoms with Crippen molar-refractivity contribution in [1.82, 2.24) is 10.0 Å². The maximum atomic E-state index is 11.7. The van der Waals surface area contributed by atoms with Crippen LogP contribution in [0.2, 0.25) is 0 Å². The molecule has 0 aromatic rings. The van der Waals surface area contributed by atoms with Gasteiger partial charge in [0.25, 0.3) is 0 Å². The Bertz CT molecular complexity index is 276. The Labute approximate surface area is 96.6 Å². The summed E-state index contributed by atoms with van der Waals surface area (Å²) >= 11 is 1.64. The highest BCUT2D eigenvalue weighted by atomic mass is 32.2. The molecule has 0 aliphatic heterocycles. The Morgan fingerprint density at radius 3 is 2.67 bits per heavy atom. The van der Waals surface area contributed by atoms with E-state index in [2.05, 4.69) is 10.0 Å². The van der Waals surface area contributed by atoms with Crippen LogP contribution in [0, 0.1) is 0 Å². The maximum Gasteiger partial charge on any atom is 0.215 e. The molecule has 0 aromatic carbocycles. The number of nitrogens with one attached hydrogen (secondary N) is 2. The molecule has 15 heavy (non-hydrogen) atoms. The smallest absolute Gasteiger partial charge is 0.215 e. The molecule has 1 aliphatic rings. The van der Waals surface area contributed by atoms with Crippen molar-refractivity contribution >= 4 is 21.8 Å². The van der Waals surface area contributed by atoms with Gasteiger partial charge in [-0.1, -0.05) is 0 Å². The molecule has 0 bridgehead atoms. The largest absolute Gasteiger partial charge is 0.313 e. The van der Waals surface area contributed by atoms with Gasteiger partial charge in [0.1, 0.15) is 0 Å². The Morgan fingerprint density at radius 1 is 1.47 bits per heavy atom. The summed E-state index contributed by atoms with van der Waals surface area (Å²) < 4.78 is 26.0. The summed E-state index contributed by atoms with van der Waals surface area (Å²) in [5.41, 5.74) is 0. The Hall–Kier alpha value is 0.220. The third-order valence-corrected chi connectivity index (χ3v) is 4.86. The van der Waals surface area contributed by atoms with Gasteiger partial charge in [-0.15, -0.1) is 0 Å². The molecular weight excluding hydrogens is 232 g/mol. The summed E-state index contributed by atoms with van der Waals surface area (Å²) in [5, 5.41) is 2.88. The molecule has 1 rings (SSSR count). The van der Waals surface area contributed by atoms with E-state index >= 15 is 0 Å². The first kappa shape index (κ1) is 13.3. The molecule has 2 N–H and O–H groups in total. The summed E-state index contributed by atoms with van der Waals surface area (Å²) in [6, 6.07) is 0.564. The maximum absolute atomic E-state index is 11.7. The molecule has 1 unspecified atom stereocenters. The molecule has 0 radical (unpaired) electrons. The van der Waals surface area contributed by atoms with Crippen molar-refractivity contribution in [3.63, 3.8) is 0 Å². The van der Waals surface area contributed by atoms with E-state index in [0.29, 0.717) is 19.1 Å². The topological polar surface area (TPSA) is 58.2 Å². The molecule has 1 saturated carbocycles. The van der Waals surface area contributed by atoms with E-state index in [0.717, 1.165) is 5.75 Å². The van der Waals surface area contributed by atoms with Crippen LogP contribution in [-0.2, 0) is 10.0 Å². The van der Waals surface area contributed by atoms with Crippen LogP contribution in [0.5, 0.6) is 0 Å². The van der Waals surface area contributed by atoms with Crippen molar-refractivity contribution in [2.45, 2.75) is 31.1 Å². The van der Waals surface area contributed by atoms with E-state index in [1.54, 1.807) is 18.7 Å². The molecule has 0 spiro atoms. The molecule has 0 saturated heterocycles. The van der Waals surface area contributed by atoms with Gasteiger partial charge in [-0.05, 0) is 26.0 Å². The molecule has 0 aromatic heterocycles. The quantitative estimate of drug-likeness (QED) is 0.614. The van der Waals surface area contributed by atoms with E-state index in [1.807, 2.05) is 6.26 Å². The van der Waals surface area contributed by atoms with Crippen molar-refractivity contribution in [3.8, 4) is 0 Å². The SMILES string of the molecule is CSCCNS(=O)(=O)C(C)CNC1CC1. The van der Waals surface area contributed by atoms with Crippen LogP contribution in [-0.4, -0.2) is 44.8 Å². The minimum absolute atomic E-state index is 0.347. The monoisotopic (exact) mass is 252 g/mol. The zero-order valence-corrected chi connectivity index (χ0v) is 11.0. The lowest BCUT2D eigenvalue weighted by Gasteiger charge is -2.14. The van der Waals surface area contributed by atoms with E-state index < -0.39 is 10.0 Å². The van der Waals surface area contributed by atoms with Gasteiger partial charge in [0, 0.05) is 24.9 Å². The lowest BCUT2D eigenvalue weighted by Crippen LogP contribution is -2.40. The van der Waals surface area contributed by atoms with Crippen molar-refractivity contribution in [2.24, 2.45) is 0 Å². The van der Waals surface area contributed by atoms with Crippen molar-refractivity contribution < 1.29 is 8.42 Å². The van der Waals surface area contributed by atoms with Gasteiger partial charge >= 0.3 is 0 Å². The second-order valence-corrected chi connectivity index (χ2v) is 7.09. The fourth-order valence-corrected chi connectivity index (χ4v) is 2.58. The first-order valence-electron chi connectivity index (χ1n) is 5.27.